The van der Waals surface area contributed by atoms with Crippen LogP contribution >= 0.6 is 22.6 Å². The molecule has 0 saturated carbocycles. The number of halogens is 1. The topological polar surface area (TPSA) is 58.9 Å². The van der Waals surface area contributed by atoms with E-state index in [0.717, 1.165) is 3.57 Å². The smallest absolute Gasteiger partial charge is 0.338 e. The molecule has 0 aliphatic heterocycles. The second-order valence-corrected chi connectivity index (χ2v) is 5.47. The fourth-order valence-electron chi connectivity index (χ4n) is 1.67. The highest BCUT2D eigenvalue weighted by atomic mass is 127. The fourth-order valence-corrected chi connectivity index (χ4v) is 2.19. The number of carbonyl (C=O) groups is 1. The number of nitrogens with zero attached hydrogens (tertiary/aromatic N) is 1. The van der Waals surface area contributed by atoms with Gasteiger partial charge < -0.3 is 9.84 Å². The maximum Gasteiger partial charge on any atom is 0.338 e. The van der Waals surface area contributed by atoms with E-state index in [1.165, 1.54) is 0 Å². The minimum atomic E-state index is -0.344. The van der Waals surface area contributed by atoms with Gasteiger partial charge in [-0.2, -0.15) is 0 Å². The molecule has 2 rings (SSSR count). The van der Waals surface area contributed by atoms with Crippen molar-refractivity contribution in [2.75, 3.05) is 6.61 Å². The zero-order valence-electron chi connectivity index (χ0n) is 11.4. The minimum absolute atomic E-state index is 0.183. The fraction of sp³-hybridized carbons (Fsp3) is 0.125. The second kappa shape index (κ2) is 7.21. The first-order chi connectivity index (χ1) is 10.1. The van der Waals surface area contributed by atoms with Gasteiger partial charge in [-0.1, -0.05) is 0 Å². The Morgan fingerprint density at radius 2 is 2.00 bits per heavy atom. The van der Waals surface area contributed by atoms with Gasteiger partial charge in [0, 0.05) is 15.3 Å². The molecular formula is C16H14INO3. The maximum absolute atomic E-state index is 11.5. The van der Waals surface area contributed by atoms with E-state index in [9.17, 15) is 9.90 Å². The molecule has 0 radical (unpaired) electrons. The first-order valence-corrected chi connectivity index (χ1v) is 7.48. The first-order valence-electron chi connectivity index (χ1n) is 6.40. The van der Waals surface area contributed by atoms with E-state index in [0.29, 0.717) is 23.4 Å². The van der Waals surface area contributed by atoms with Gasteiger partial charge in [0.15, 0.2) is 0 Å². The van der Waals surface area contributed by atoms with Crippen LogP contribution in [-0.4, -0.2) is 23.9 Å². The molecule has 108 valence electrons. The summed E-state index contributed by atoms with van der Waals surface area (Å²) in [5.74, 6) is -0.161. The number of phenols is 1. The summed E-state index contributed by atoms with van der Waals surface area (Å²) in [6, 6.07) is 12.1. The monoisotopic (exact) mass is 395 g/mol. The van der Waals surface area contributed by atoms with Gasteiger partial charge >= 0.3 is 5.97 Å². The van der Waals surface area contributed by atoms with Crippen LogP contribution in [0.25, 0.3) is 0 Å². The van der Waals surface area contributed by atoms with Crippen molar-refractivity contribution < 1.29 is 14.6 Å². The van der Waals surface area contributed by atoms with E-state index in [2.05, 4.69) is 27.6 Å². The largest absolute Gasteiger partial charge is 0.507 e. The summed E-state index contributed by atoms with van der Waals surface area (Å²) in [6.07, 6.45) is 1.59. The lowest BCUT2D eigenvalue weighted by Crippen LogP contribution is -2.03. The molecule has 0 spiro atoms. The Hall–Kier alpha value is -1.89. The molecule has 0 unspecified atom stereocenters. The van der Waals surface area contributed by atoms with Crippen molar-refractivity contribution in [3.63, 3.8) is 0 Å². The van der Waals surface area contributed by atoms with Crippen molar-refractivity contribution in [1.82, 2.24) is 0 Å². The van der Waals surface area contributed by atoms with E-state index in [4.69, 9.17) is 4.74 Å². The number of esters is 1. The molecule has 0 bridgehead atoms. The Kier molecular flexibility index (Phi) is 5.32. The molecule has 2 aromatic rings. The maximum atomic E-state index is 11.5. The summed E-state index contributed by atoms with van der Waals surface area (Å²) < 4.78 is 5.93. The molecule has 0 aromatic heterocycles. The summed E-state index contributed by atoms with van der Waals surface area (Å²) in [6.45, 7) is 2.12. The molecule has 4 nitrogen and oxygen atoms in total. The van der Waals surface area contributed by atoms with Gasteiger partial charge in [-0.15, -0.1) is 0 Å². The van der Waals surface area contributed by atoms with Gasteiger partial charge in [0.2, 0.25) is 0 Å². The van der Waals surface area contributed by atoms with Gasteiger partial charge in [-0.05, 0) is 72.0 Å². The van der Waals surface area contributed by atoms with Gasteiger partial charge in [0.05, 0.1) is 17.9 Å². The van der Waals surface area contributed by atoms with Crippen molar-refractivity contribution in [1.29, 1.82) is 0 Å². The van der Waals surface area contributed by atoms with Crippen LogP contribution in [0.15, 0.2) is 47.5 Å². The first kappa shape index (κ1) is 15.5. The quantitative estimate of drug-likeness (QED) is 0.485. The molecule has 0 atom stereocenters. The van der Waals surface area contributed by atoms with Crippen LogP contribution < -0.4 is 0 Å². The van der Waals surface area contributed by atoms with E-state index < -0.39 is 0 Å². The standard InChI is InChI=1S/C16H14INO3/c1-2-21-16(20)11-3-6-14(7-4-11)18-10-12-9-13(17)5-8-15(12)19/h3-10,19H,2H2,1H3/b18-10+. The van der Waals surface area contributed by atoms with Gasteiger partial charge in [-0.3, -0.25) is 4.99 Å². The lowest BCUT2D eigenvalue weighted by molar-refractivity contribution is 0.0526. The van der Waals surface area contributed by atoms with Gasteiger partial charge in [-0.25, -0.2) is 4.79 Å². The molecule has 0 amide bonds. The van der Waals surface area contributed by atoms with Crippen LogP contribution in [0.1, 0.15) is 22.8 Å². The predicted molar refractivity (Wildman–Crippen MR) is 90.5 cm³/mol. The number of phenolic OH excluding ortho intramolecular Hbond substituents is 1. The Labute approximate surface area is 136 Å². The van der Waals surface area contributed by atoms with Crippen molar-refractivity contribution in [3.8, 4) is 5.75 Å². The van der Waals surface area contributed by atoms with Crippen LogP contribution in [-0.2, 0) is 4.74 Å². The van der Waals surface area contributed by atoms with Crippen LogP contribution in [0.4, 0.5) is 5.69 Å². The number of aromatic hydroxyl groups is 1. The lowest BCUT2D eigenvalue weighted by atomic mass is 10.2. The van der Waals surface area contributed by atoms with Crippen molar-refractivity contribution >= 4 is 40.5 Å². The molecule has 5 heteroatoms. The summed E-state index contributed by atoms with van der Waals surface area (Å²) >= 11 is 2.17. The number of benzene rings is 2. The second-order valence-electron chi connectivity index (χ2n) is 4.23. The molecule has 21 heavy (non-hydrogen) atoms. The van der Waals surface area contributed by atoms with Crippen molar-refractivity contribution in [2.45, 2.75) is 6.92 Å². The summed E-state index contributed by atoms with van der Waals surface area (Å²) in [7, 11) is 0. The average molecular weight is 395 g/mol. The third-order valence-electron chi connectivity index (χ3n) is 2.72. The van der Waals surface area contributed by atoms with E-state index in [1.54, 1.807) is 43.5 Å². The number of ether oxygens (including phenoxy) is 1. The van der Waals surface area contributed by atoms with Crippen LogP contribution in [0.5, 0.6) is 5.75 Å². The molecule has 0 heterocycles. The van der Waals surface area contributed by atoms with Crippen LogP contribution in [0.3, 0.4) is 0 Å². The zero-order valence-corrected chi connectivity index (χ0v) is 13.6. The number of carbonyl (C=O) groups excluding carboxylic acids is 1. The summed E-state index contributed by atoms with van der Waals surface area (Å²) in [5.41, 5.74) is 1.84. The lowest BCUT2D eigenvalue weighted by Gasteiger charge is -2.02. The third kappa shape index (κ3) is 4.29. The van der Waals surface area contributed by atoms with Crippen molar-refractivity contribution in [3.05, 3.63) is 57.2 Å². The van der Waals surface area contributed by atoms with Crippen molar-refractivity contribution in [2.24, 2.45) is 4.99 Å². The zero-order chi connectivity index (χ0) is 15.2. The highest BCUT2D eigenvalue weighted by molar-refractivity contribution is 14.1. The molecule has 2 aromatic carbocycles. The molecule has 1 N–H and O–H groups in total. The van der Waals surface area contributed by atoms with Gasteiger partial charge in [0.1, 0.15) is 5.75 Å². The van der Waals surface area contributed by atoms with Crippen LogP contribution in [0, 0.1) is 3.57 Å². The predicted octanol–water partition coefficient (Wildman–Crippen LogP) is 3.92. The van der Waals surface area contributed by atoms with Gasteiger partial charge in [0.25, 0.3) is 0 Å². The highest BCUT2D eigenvalue weighted by Gasteiger charge is 2.05. The average Bonchev–Trinajstić information content (AvgIpc) is 2.49. The Morgan fingerprint density at radius 3 is 2.67 bits per heavy atom. The highest BCUT2D eigenvalue weighted by Crippen LogP contribution is 2.19. The number of rotatable bonds is 4. The van der Waals surface area contributed by atoms with E-state index in [1.807, 2.05) is 12.1 Å². The summed E-state index contributed by atoms with van der Waals surface area (Å²) in [4.78, 5) is 15.8. The van der Waals surface area contributed by atoms with E-state index in [-0.39, 0.29) is 11.7 Å². The Balaban J connectivity index is 2.14. The molecular weight excluding hydrogens is 381 g/mol. The number of hydrogen-bond donors (Lipinski definition) is 1. The Morgan fingerprint density at radius 1 is 1.29 bits per heavy atom. The summed E-state index contributed by atoms with van der Waals surface area (Å²) in [5, 5.41) is 9.73. The number of aliphatic imine (C=N–C) groups is 1. The SMILES string of the molecule is CCOC(=O)c1ccc(/N=C/c2cc(I)ccc2O)cc1. The van der Waals surface area contributed by atoms with Crippen LogP contribution in [0.2, 0.25) is 0 Å². The molecule has 0 fully saturated rings. The normalized spacial score (nSPS) is 10.8. The molecule has 0 aliphatic rings. The third-order valence-corrected chi connectivity index (χ3v) is 3.39. The minimum Gasteiger partial charge on any atom is -0.507 e. The number of hydrogen-bond acceptors (Lipinski definition) is 4. The molecule has 0 saturated heterocycles. The van der Waals surface area contributed by atoms with E-state index >= 15 is 0 Å². The Bertz CT molecular complexity index is 666. The molecule has 0 aliphatic carbocycles.